The van der Waals surface area contributed by atoms with E-state index in [0.29, 0.717) is 6.04 Å². The molecule has 1 atom stereocenters. The Morgan fingerprint density at radius 3 is 2.85 bits per heavy atom. The lowest BCUT2D eigenvalue weighted by molar-refractivity contribution is 0.760. The number of benzene rings is 2. The summed E-state index contributed by atoms with van der Waals surface area (Å²) in [7, 11) is 0. The van der Waals surface area contributed by atoms with Crippen LogP contribution in [0, 0.1) is 6.92 Å². The molecule has 0 heterocycles. The molecular weight excluding hydrogens is 310 g/mol. The Morgan fingerprint density at radius 1 is 1.20 bits per heavy atom. The Labute approximate surface area is 129 Å². The van der Waals surface area contributed by atoms with Gasteiger partial charge in [-0.2, -0.15) is 0 Å². The maximum Gasteiger partial charge on any atom is 0.0519 e. The van der Waals surface area contributed by atoms with Gasteiger partial charge in [0.15, 0.2) is 0 Å². The van der Waals surface area contributed by atoms with Crippen molar-refractivity contribution in [3.05, 3.63) is 63.1 Å². The van der Waals surface area contributed by atoms with E-state index in [1.807, 2.05) is 0 Å². The molecule has 0 amide bonds. The number of fused-ring (bicyclic) bond motifs is 1. The number of halogens is 1. The van der Waals surface area contributed by atoms with Crippen LogP contribution in [0.1, 0.15) is 41.6 Å². The molecule has 20 heavy (non-hydrogen) atoms. The van der Waals surface area contributed by atoms with Crippen LogP contribution < -0.4 is 5.32 Å². The van der Waals surface area contributed by atoms with Gasteiger partial charge in [0.2, 0.25) is 0 Å². The van der Waals surface area contributed by atoms with Crippen molar-refractivity contribution in [3.63, 3.8) is 0 Å². The maximum absolute atomic E-state index is 3.75. The highest BCUT2D eigenvalue weighted by molar-refractivity contribution is 9.10. The normalized spacial score (nSPS) is 17.1. The minimum atomic E-state index is 0.455. The van der Waals surface area contributed by atoms with E-state index in [0.717, 1.165) is 10.9 Å². The molecule has 3 rings (SSSR count). The van der Waals surface area contributed by atoms with Gasteiger partial charge in [-0.15, -0.1) is 0 Å². The quantitative estimate of drug-likeness (QED) is 0.792. The third kappa shape index (κ3) is 2.62. The third-order valence-electron chi connectivity index (χ3n) is 4.16. The molecule has 1 N–H and O–H groups in total. The zero-order valence-corrected chi connectivity index (χ0v) is 13.6. The number of anilines is 1. The molecule has 104 valence electrons. The first kappa shape index (κ1) is 13.7. The van der Waals surface area contributed by atoms with Crippen molar-refractivity contribution in [2.45, 2.75) is 39.2 Å². The van der Waals surface area contributed by atoms with Gasteiger partial charge in [0.25, 0.3) is 0 Å². The van der Waals surface area contributed by atoms with Crippen LogP contribution in [0.5, 0.6) is 0 Å². The first-order valence-corrected chi connectivity index (χ1v) is 8.11. The Morgan fingerprint density at radius 2 is 2.05 bits per heavy atom. The molecule has 0 aromatic heterocycles. The molecule has 0 saturated heterocycles. The second-order valence-corrected chi connectivity index (χ2v) is 6.51. The van der Waals surface area contributed by atoms with E-state index in [2.05, 4.69) is 71.5 Å². The predicted molar refractivity (Wildman–Crippen MR) is 89.4 cm³/mol. The van der Waals surface area contributed by atoms with Gasteiger partial charge in [-0.25, -0.2) is 0 Å². The standard InChI is InChI=1S/C18H20BrN/c1-3-13-11-15(19)7-9-17(13)20-18-8-6-14-5-4-12(2)10-16(14)18/h4-5,7,9-11,18,20H,3,6,8H2,1-2H3. The van der Waals surface area contributed by atoms with Crippen LogP contribution in [-0.2, 0) is 12.8 Å². The van der Waals surface area contributed by atoms with Crippen LogP contribution in [0.2, 0.25) is 0 Å². The fourth-order valence-electron chi connectivity index (χ4n) is 3.05. The Bertz CT molecular complexity index is 633. The zero-order valence-electron chi connectivity index (χ0n) is 12.0. The average Bonchev–Trinajstić information content (AvgIpc) is 2.83. The summed E-state index contributed by atoms with van der Waals surface area (Å²) >= 11 is 3.56. The fourth-order valence-corrected chi connectivity index (χ4v) is 3.46. The van der Waals surface area contributed by atoms with Crippen LogP contribution in [0.4, 0.5) is 5.69 Å². The highest BCUT2D eigenvalue weighted by Gasteiger charge is 2.22. The first-order chi connectivity index (χ1) is 9.67. The molecule has 0 radical (unpaired) electrons. The molecule has 1 aliphatic carbocycles. The fraction of sp³-hybridized carbons (Fsp3) is 0.333. The lowest BCUT2D eigenvalue weighted by Gasteiger charge is -2.19. The monoisotopic (exact) mass is 329 g/mol. The summed E-state index contributed by atoms with van der Waals surface area (Å²) in [6.07, 6.45) is 3.43. The highest BCUT2D eigenvalue weighted by Crippen LogP contribution is 2.35. The maximum atomic E-state index is 3.75. The van der Waals surface area contributed by atoms with E-state index in [9.17, 15) is 0 Å². The molecule has 1 nitrogen and oxygen atoms in total. The van der Waals surface area contributed by atoms with Gasteiger partial charge in [0.05, 0.1) is 6.04 Å². The largest absolute Gasteiger partial charge is 0.378 e. The SMILES string of the molecule is CCc1cc(Br)ccc1NC1CCc2ccc(C)cc21. The summed E-state index contributed by atoms with van der Waals surface area (Å²) in [5.74, 6) is 0. The molecule has 0 spiro atoms. The smallest absolute Gasteiger partial charge is 0.0519 e. The molecule has 2 aromatic carbocycles. The highest BCUT2D eigenvalue weighted by atomic mass is 79.9. The van der Waals surface area contributed by atoms with E-state index < -0.39 is 0 Å². The minimum Gasteiger partial charge on any atom is -0.378 e. The van der Waals surface area contributed by atoms with Gasteiger partial charge >= 0.3 is 0 Å². The molecule has 2 heteroatoms. The number of aryl methyl sites for hydroxylation is 3. The van der Waals surface area contributed by atoms with Gasteiger partial charge in [0.1, 0.15) is 0 Å². The molecule has 0 fully saturated rings. The summed E-state index contributed by atoms with van der Waals surface area (Å²) in [6.45, 7) is 4.38. The minimum absolute atomic E-state index is 0.455. The summed E-state index contributed by atoms with van der Waals surface area (Å²) in [5.41, 5.74) is 6.98. The number of hydrogen-bond donors (Lipinski definition) is 1. The molecule has 0 saturated carbocycles. The van der Waals surface area contributed by atoms with Crippen LogP contribution in [-0.4, -0.2) is 0 Å². The van der Waals surface area contributed by atoms with E-state index in [1.54, 1.807) is 0 Å². The molecule has 1 aliphatic rings. The molecular formula is C18H20BrN. The predicted octanol–water partition coefficient (Wildman–Crippen LogP) is 5.42. The number of hydrogen-bond acceptors (Lipinski definition) is 1. The Kier molecular flexibility index (Phi) is 3.84. The van der Waals surface area contributed by atoms with Crippen LogP contribution in [0.25, 0.3) is 0 Å². The van der Waals surface area contributed by atoms with Gasteiger partial charge < -0.3 is 5.32 Å². The van der Waals surface area contributed by atoms with E-state index >= 15 is 0 Å². The van der Waals surface area contributed by atoms with Gasteiger partial charge in [-0.3, -0.25) is 0 Å². The van der Waals surface area contributed by atoms with Gasteiger partial charge in [-0.1, -0.05) is 46.6 Å². The Balaban J connectivity index is 1.89. The van der Waals surface area contributed by atoms with Crippen molar-refractivity contribution in [3.8, 4) is 0 Å². The lowest BCUT2D eigenvalue weighted by atomic mass is 10.0. The molecule has 0 bridgehead atoms. The third-order valence-corrected chi connectivity index (χ3v) is 4.65. The van der Waals surface area contributed by atoms with E-state index in [1.165, 1.54) is 40.8 Å². The summed E-state index contributed by atoms with van der Waals surface area (Å²) < 4.78 is 1.16. The molecule has 0 aliphatic heterocycles. The van der Waals surface area contributed by atoms with Crippen LogP contribution in [0.15, 0.2) is 40.9 Å². The van der Waals surface area contributed by atoms with Crippen molar-refractivity contribution in [2.24, 2.45) is 0 Å². The van der Waals surface area contributed by atoms with Gasteiger partial charge in [-0.05, 0) is 61.1 Å². The summed E-state index contributed by atoms with van der Waals surface area (Å²) in [4.78, 5) is 0. The van der Waals surface area contributed by atoms with Crippen molar-refractivity contribution >= 4 is 21.6 Å². The summed E-state index contributed by atoms with van der Waals surface area (Å²) in [6, 6.07) is 13.8. The van der Waals surface area contributed by atoms with Crippen molar-refractivity contribution < 1.29 is 0 Å². The van der Waals surface area contributed by atoms with Gasteiger partial charge in [0, 0.05) is 10.2 Å². The van der Waals surface area contributed by atoms with E-state index in [-0.39, 0.29) is 0 Å². The van der Waals surface area contributed by atoms with Crippen molar-refractivity contribution in [1.82, 2.24) is 0 Å². The second kappa shape index (κ2) is 5.61. The van der Waals surface area contributed by atoms with E-state index in [4.69, 9.17) is 0 Å². The summed E-state index contributed by atoms with van der Waals surface area (Å²) in [5, 5.41) is 3.75. The number of rotatable bonds is 3. The lowest BCUT2D eigenvalue weighted by Crippen LogP contribution is -2.09. The number of nitrogens with one attached hydrogen (secondary N) is 1. The first-order valence-electron chi connectivity index (χ1n) is 7.31. The molecule has 2 aromatic rings. The van der Waals surface area contributed by atoms with Crippen molar-refractivity contribution in [2.75, 3.05) is 5.32 Å². The second-order valence-electron chi connectivity index (χ2n) is 5.59. The van der Waals surface area contributed by atoms with Crippen LogP contribution in [0.3, 0.4) is 0 Å². The topological polar surface area (TPSA) is 12.0 Å². The Hall–Kier alpha value is -1.28. The molecule has 1 unspecified atom stereocenters. The average molecular weight is 330 g/mol. The van der Waals surface area contributed by atoms with Crippen LogP contribution >= 0.6 is 15.9 Å². The van der Waals surface area contributed by atoms with Crippen molar-refractivity contribution in [1.29, 1.82) is 0 Å². The zero-order chi connectivity index (χ0) is 14.1.